The molecular weight excluding hydrogens is 408 g/mol. The van der Waals surface area contributed by atoms with E-state index < -0.39 is 36.3 Å². The maximum Gasteiger partial charge on any atom is 0.412 e. The number of nitrogens with one attached hydrogen (secondary N) is 2. The molecule has 0 spiro atoms. The van der Waals surface area contributed by atoms with Gasteiger partial charge in [-0.15, -0.1) is 0 Å². The third kappa shape index (κ3) is 9.97. The third-order valence-electron chi connectivity index (χ3n) is 3.59. The minimum atomic E-state index is -0.766. The SMILES string of the molecule is C=CC(=O)OCC(C)OC(=O)Nc1ccc(C)c(NC(=O)OC(C)COC(=O)C=C)c1. The van der Waals surface area contributed by atoms with Gasteiger partial charge in [-0.3, -0.25) is 10.6 Å². The summed E-state index contributed by atoms with van der Waals surface area (Å²) in [5.41, 5.74) is 1.46. The van der Waals surface area contributed by atoms with Crippen molar-refractivity contribution in [1.29, 1.82) is 0 Å². The first-order chi connectivity index (χ1) is 14.6. The first-order valence-electron chi connectivity index (χ1n) is 9.28. The average molecular weight is 434 g/mol. The van der Waals surface area contributed by atoms with Gasteiger partial charge in [0.25, 0.3) is 0 Å². The van der Waals surface area contributed by atoms with Crippen LogP contribution >= 0.6 is 0 Å². The summed E-state index contributed by atoms with van der Waals surface area (Å²) >= 11 is 0. The van der Waals surface area contributed by atoms with E-state index in [0.29, 0.717) is 16.9 Å². The highest BCUT2D eigenvalue weighted by atomic mass is 16.6. The number of hydrogen-bond donors (Lipinski definition) is 2. The van der Waals surface area contributed by atoms with Crippen LogP contribution in [0.4, 0.5) is 21.0 Å². The van der Waals surface area contributed by atoms with Crippen molar-refractivity contribution in [2.24, 2.45) is 0 Å². The van der Waals surface area contributed by atoms with Crippen molar-refractivity contribution in [1.82, 2.24) is 0 Å². The Balaban J connectivity index is 2.60. The molecule has 2 unspecified atom stereocenters. The molecular formula is C21H26N2O8. The average Bonchev–Trinajstić information content (AvgIpc) is 2.72. The molecule has 2 atom stereocenters. The smallest absolute Gasteiger partial charge is 0.412 e. The topological polar surface area (TPSA) is 129 Å². The van der Waals surface area contributed by atoms with E-state index in [-0.39, 0.29) is 13.2 Å². The quantitative estimate of drug-likeness (QED) is 0.326. The van der Waals surface area contributed by atoms with Gasteiger partial charge in [-0.2, -0.15) is 0 Å². The van der Waals surface area contributed by atoms with E-state index in [1.54, 1.807) is 32.9 Å². The van der Waals surface area contributed by atoms with Crippen LogP contribution in [0, 0.1) is 6.92 Å². The van der Waals surface area contributed by atoms with E-state index in [9.17, 15) is 19.2 Å². The summed E-state index contributed by atoms with van der Waals surface area (Å²) in [7, 11) is 0. The van der Waals surface area contributed by atoms with Crippen LogP contribution in [0.15, 0.2) is 43.5 Å². The third-order valence-corrected chi connectivity index (χ3v) is 3.59. The normalized spacial score (nSPS) is 11.8. The highest BCUT2D eigenvalue weighted by molar-refractivity contribution is 5.90. The zero-order chi connectivity index (χ0) is 23.4. The molecule has 1 aromatic carbocycles. The molecule has 10 heteroatoms. The highest BCUT2D eigenvalue weighted by Gasteiger charge is 2.15. The molecule has 1 rings (SSSR count). The van der Waals surface area contributed by atoms with Crippen molar-refractivity contribution in [2.75, 3.05) is 23.8 Å². The van der Waals surface area contributed by atoms with Crippen molar-refractivity contribution in [2.45, 2.75) is 33.0 Å². The zero-order valence-corrected chi connectivity index (χ0v) is 17.6. The lowest BCUT2D eigenvalue weighted by Gasteiger charge is -2.16. The molecule has 2 amide bonds. The molecule has 0 aromatic heterocycles. The van der Waals surface area contributed by atoms with Crippen molar-refractivity contribution in [3.63, 3.8) is 0 Å². The minimum Gasteiger partial charge on any atom is -0.459 e. The number of anilines is 2. The summed E-state index contributed by atoms with van der Waals surface area (Å²) in [5.74, 6) is -1.24. The summed E-state index contributed by atoms with van der Waals surface area (Å²) < 4.78 is 19.8. The summed E-state index contributed by atoms with van der Waals surface area (Å²) in [6.45, 7) is 11.2. The van der Waals surface area contributed by atoms with Gasteiger partial charge in [-0.25, -0.2) is 19.2 Å². The molecule has 0 fully saturated rings. The molecule has 0 aliphatic rings. The van der Waals surface area contributed by atoms with Gasteiger partial charge in [0, 0.05) is 23.5 Å². The van der Waals surface area contributed by atoms with Crippen molar-refractivity contribution in [3.05, 3.63) is 49.1 Å². The lowest BCUT2D eigenvalue weighted by atomic mass is 10.2. The Bertz CT molecular complexity index is 837. The Morgan fingerprint density at radius 2 is 1.39 bits per heavy atom. The number of hydrogen-bond acceptors (Lipinski definition) is 8. The molecule has 0 aliphatic heterocycles. The number of amides is 2. The van der Waals surface area contributed by atoms with Crippen LogP contribution in [0.3, 0.4) is 0 Å². The van der Waals surface area contributed by atoms with Gasteiger partial charge in [-0.05, 0) is 38.5 Å². The molecule has 1 aromatic rings. The van der Waals surface area contributed by atoms with Crippen molar-refractivity contribution < 1.29 is 38.1 Å². The van der Waals surface area contributed by atoms with Gasteiger partial charge >= 0.3 is 24.1 Å². The van der Waals surface area contributed by atoms with Crippen LogP contribution in [0.1, 0.15) is 19.4 Å². The Labute approximate surface area is 180 Å². The molecule has 0 radical (unpaired) electrons. The Hall–Kier alpha value is -3.82. The fourth-order valence-electron chi connectivity index (χ4n) is 2.07. The second-order valence-corrected chi connectivity index (χ2v) is 6.38. The fourth-order valence-corrected chi connectivity index (χ4v) is 2.07. The van der Waals surface area contributed by atoms with Crippen LogP contribution in [0.5, 0.6) is 0 Å². The fraction of sp³-hybridized carbons (Fsp3) is 0.333. The molecule has 0 aliphatic carbocycles. The summed E-state index contributed by atoms with van der Waals surface area (Å²) in [6, 6.07) is 4.81. The molecule has 168 valence electrons. The molecule has 0 bridgehead atoms. The van der Waals surface area contributed by atoms with E-state index >= 15 is 0 Å². The van der Waals surface area contributed by atoms with Gasteiger partial charge in [0.05, 0.1) is 0 Å². The second kappa shape index (κ2) is 12.7. The lowest BCUT2D eigenvalue weighted by Crippen LogP contribution is -2.26. The molecule has 0 saturated carbocycles. The monoisotopic (exact) mass is 434 g/mol. The van der Waals surface area contributed by atoms with E-state index in [4.69, 9.17) is 18.9 Å². The molecule has 2 N–H and O–H groups in total. The molecule has 0 saturated heterocycles. The number of carbonyl (C=O) groups excluding carboxylic acids is 4. The van der Waals surface area contributed by atoms with Gasteiger partial charge < -0.3 is 18.9 Å². The Kier molecular flexibility index (Phi) is 10.3. The number of benzene rings is 1. The largest absolute Gasteiger partial charge is 0.459 e. The lowest BCUT2D eigenvalue weighted by molar-refractivity contribution is -0.141. The Morgan fingerprint density at radius 3 is 1.87 bits per heavy atom. The van der Waals surface area contributed by atoms with Gasteiger partial charge in [-0.1, -0.05) is 19.2 Å². The summed E-state index contributed by atoms with van der Waals surface area (Å²) in [5, 5.41) is 5.07. The van der Waals surface area contributed by atoms with Gasteiger partial charge in [0.1, 0.15) is 25.4 Å². The van der Waals surface area contributed by atoms with E-state index in [0.717, 1.165) is 12.2 Å². The van der Waals surface area contributed by atoms with Crippen LogP contribution in [0.2, 0.25) is 0 Å². The van der Waals surface area contributed by atoms with Crippen LogP contribution in [0.25, 0.3) is 0 Å². The zero-order valence-electron chi connectivity index (χ0n) is 17.6. The van der Waals surface area contributed by atoms with Crippen LogP contribution in [-0.2, 0) is 28.5 Å². The second-order valence-electron chi connectivity index (χ2n) is 6.38. The number of esters is 2. The van der Waals surface area contributed by atoms with E-state index in [2.05, 4.69) is 23.8 Å². The molecule has 0 heterocycles. The van der Waals surface area contributed by atoms with Crippen LogP contribution in [-0.4, -0.2) is 49.5 Å². The van der Waals surface area contributed by atoms with Gasteiger partial charge in [0.2, 0.25) is 0 Å². The molecule has 10 nitrogen and oxygen atoms in total. The number of carbonyl (C=O) groups is 4. The first-order valence-corrected chi connectivity index (χ1v) is 9.28. The maximum absolute atomic E-state index is 12.1. The number of aryl methyl sites for hydroxylation is 1. The molecule has 31 heavy (non-hydrogen) atoms. The standard InChI is InChI=1S/C21H26N2O8/c1-6-18(24)28-11-14(4)30-20(26)22-16-9-8-13(3)17(10-16)23-21(27)31-15(5)12-29-19(25)7-2/h6-10,14-15H,1-2,11-12H2,3-5H3,(H,22,26)(H,23,27). The summed E-state index contributed by atoms with van der Waals surface area (Å²) in [4.78, 5) is 46.1. The van der Waals surface area contributed by atoms with E-state index in [1.807, 2.05) is 0 Å². The van der Waals surface area contributed by atoms with E-state index in [1.165, 1.54) is 6.07 Å². The first kappa shape index (κ1) is 25.2. The van der Waals surface area contributed by atoms with Crippen molar-refractivity contribution in [3.8, 4) is 0 Å². The van der Waals surface area contributed by atoms with Gasteiger partial charge in [0.15, 0.2) is 0 Å². The van der Waals surface area contributed by atoms with Crippen LogP contribution < -0.4 is 10.6 Å². The Morgan fingerprint density at radius 1 is 0.903 bits per heavy atom. The predicted molar refractivity (Wildman–Crippen MR) is 113 cm³/mol. The highest BCUT2D eigenvalue weighted by Crippen LogP contribution is 2.21. The maximum atomic E-state index is 12.1. The number of rotatable bonds is 10. The number of ether oxygens (including phenoxy) is 4. The summed E-state index contributed by atoms with van der Waals surface area (Å²) in [6.07, 6.45) is -0.878. The van der Waals surface area contributed by atoms with Crippen molar-refractivity contribution >= 4 is 35.5 Å². The minimum absolute atomic E-state index is 0.120. The predicted octanol–water partition coefficient (Wildman–Crippen LogP) is 3.33.